The summed E-state index contributed by atoms with van der Waals surface area (Å²) in [5.41, 5.74) is 5.21. The molecule has 4 nitrogen and oxygen atoms in total. The zero-order chi connectivity index (χ0) is 6.69. The van der Waals surface area contributed by atoms with Gasteiger partial charge in [-0.25, -0.2) is 0 Å². The minimum absolute atomic E-state index is 0. The van der Waals surface area contributed by atoms with Crippen molar-refractivity contribution in [2.75, 3.05) is 6.26 Å². The van der Waals surface area contributed by atoms with Crippen LogP contribution in [0.25, 0.3) is 0 Å². The fourth-order valence-electron chi connectivity index (χ4n) is 0.403. The molecule has 10 heavy (non-hydrogen) atoms. The van der Waals surface area contributed by atoms with Crippen molar-refractivity contribution in [1.29, 1.82) is 0 Å². The molecule has 1 heterocycles. The summed E-state index contributed by atoms with van der Waals surface area (Å²) in [4.78, 5) is 0. The fraction of sp³-hybridized carbons (Fsp3) is 0.500. The number of rotatable bonds is 2. The van der Waals surface area contributed by atoms with Gasteiger partial charge in [0.15, 0.2) is 0 Å². The van der Waals surface area contributed by atoms with E-state index >= 15 is 0 Å². The second kappa shape index (κ2) is 4.54. The first-order chi connectivity index (χ1) is 4.36. The Labute approximate surface area is 69.0 Å². The van der Waals surface area contributed by atoms with Crippen molar-refractivity contribution in [3.63, 3.8) is 0 Å². The molecule has 6 heteroatoms. The van der Waals surface area contributed by atoms with Gasteiger partial charge in [0.25, 0.3) is 5.22 Å². The molecule has 0 unspecified atom stereocenters. The lowest BCUT2D eigenvalue weighted by atomic mass is 10.7. The molecule has 2 N–H and O–H groups in total. The van der Waals surface area contributed by atoms with Gasteiger partial charge in [0.05, 0.1) is 6.54 Å². The first-order valence-electron chi connectivity index (χ1n) is 2.43. The van der Waals surface area contributed by atoms with Crippen molar-refractivity contribution in [3.8, 4) is 0 Å². The van der Waals surface area contributed by atoms with Gasteiger partial charge in [-0.1, -0.05) is 11.8 Å². The largest absolute Gasteiger partial charge is 0.415 e. The Morgan fingerprint density at radius 2 is 2.30 bits per heavy atom. The predicted octanol–water partition coefficient (Wildman–Crippen LogP) is 0.672. The molecule has 0 aliphatic heterocycles. The summed E-state index contributed by atoms with van der Waals surface area (Å²) in [6.45, 7) is 0.313. The Balaban J connectivity index is 0.000000810. The number of nitrogens with two attached hydrogens (primary N) is 1. The van der Waals surface area contributed by atoms with Crippen LogP contribution in [0.3, 0.4) is 0 Å². The molecule has 1 rings (SSSR count). The minimum atomic E-state index is 0. The quantitative estimate of drug-likeness (QED) is 0.680. The Kier molecular flexibility index (Phi) is 4.42. The van der Waals surface area contributed by atoms with E-state index in [2.05, 4.69) is 10.2 Å². The molecule has 0 aliphatic rings. The molecule has 58 valence electrons. The van der Waals surface area contributed by atoms with Crippen LogP contribution >= 0.6 is 24.2 Å². The van der Waals surface area contributed by atoms with E-state index < -0.39 is 0 Å². The molecule has 0 spiro atoms. The van der Waals surface area contributed by atoms with E-state index in [1.165, 1.54) is 11.8 Å². The van der Waals surface area contributed by atoms with Crippen molar-refractivity contribution in [2.24, 2.45) is 5.73 Å². The third-order valence-corrected chi connectivity index (χ3v) is 1.31. The summed E-state index contributed by atoms with van der Waals surface area (Å²) in [7, 11) is 0. The van der Waals surface area contributed by atoms with E-state index in [9.17, 15) is 0 Å². The van der Waals surface area contributed by atoms with Crippen LogP contribution in [0.15, 0.2) is 9.64 Å². The first-order valence-corrected chi connectivity index (χ1v) is 3.65. The number of aromatic nitrogens is 2. The lowest BCUT2D eigenvalue weighted by Gasteiger charge is -1.81. The van der Waals surface area contributed by atoms with Crippen molar-refractivity contribution in [1.82, 2.24) is 10.2 Å². The van der Waals surface area contributed by atoms with Gasteiger partial charge < -0.3 is 10.2 Å². The van der Waals surface area contributed by atoms with E-state index in [1.54, 1.807) is 0 Å². The molecule has 0 aromatic carbocycles. The highest BCUT2D eigenvalue weighted by Crippen LogP contribution is 2.10. The Morgan fingerprint density at radius 1 is 1.60 bits per heavy atom. The predicted molar refractivity (Wildman–Crippen MR) is 41.2 cm³/mol. The number of hydrogen-bond acceptors (Lipinski definition) is 5. The van der Waals surface area contributed by atoms with Crippen LogP contribution in [0.1, 0.15) is 5.89 Å². The topological polar surface area (TPSA) is 64.9 Å². The maximum atomic E-state index is 5.21. The molecule has 0 fully saturated rings. The normalized spacial score (nSPS) is 9.00. The summed E-state index contributed by atoms with van der Waals surface area (Å²) < 4.78 is 5.00. The minimum Gasteiger partial charge on any atom is -0.415 e. The van der Waals surface area contributed by atoms with Crippen LogP contribution in [0.4, 0.5) is 0 Å². The third-order valence-electron chi connectivity index (χ3n) is 0.798. The maximum Gasteiger partial charge on any atom is 0.276 e. The molecule has 1 aromatic heterocycles. The summed E-state index contributed by atoms with van der Waals surface area (Å²) >= 11 is 1.41. The van der Waals surface area contributed by atoms with Gasteiger partial charge in [-0.2, -0.15) is 0 Å². The Hall–Kier alpha value is -0.260. The molecule has 0 saturated heterocycles. The van der Waals surface area contributed by atoms with Gasteiger partial charge >= 0.3 is 0 Å². The van der Waals surface area contributed by atoms with E-state index in [4.69, 9.17) is 10.2 Å². The van der Waals surface area contributed by atoms with E-state index in [0.717, 1.165) is 0 Å². The summed E-state index contributed by atoms with van der Waals surface area (Å²) in [5.74, 6) is 0.486. The molecular formula is C4H8ClN3OS. The fourth-order valence-corrected chi connectivity index (χ4v) is 0.705. The van der Waals surface area contributed by atoms with Gasteiger partial charge in [0.1, 0.15) is 0 Å². The van der Waals surface area contributed by atoms with Gasteiger partial charge in [-0.05, 0) is 6.26 Å². The molecule has 0 amide bonds. The average molecular weight is 182 g/mol. The van der Waals surface area contributed by atoms with Gasteiger partial charge in [0.2, 0.25) is 5.89 Å². The van der Waals surface area contributed by atoms with Crippen molar-refractivity contribution >= 4 is 24.2 Å². The van der Waals surface area contributed by atoms with Crippen LogP contribution in [0.2, 0.25) is 0 Å². The summed E-state index contributed by atoms with van der Waals surface area (Å²) in [6, 6.07) is 0. The lowest BCUT2D eigenvalue weighted by Crippen LogP contribution is -1.95. The van der Waals surface area contributed by atoms with Crippen LogP contribution in [-0.2, 0) is 6.54 Å². The van der Waals surface area contributed by atoms with Gasteiger partial charge in [-0.15, -0.1) is 22.6 Å². The zero-order valence-electron chi connectivity index (χ0n) is 5.40. The SMILES string of the molecule is CSc1nnc(CN)o1.Cl. The number of halogens is 1. The highest BCUT2D eigenvalue weighted by Gasteiger charge is 1.99. The van der Waals surface area contributed by atoms with Crippen LogP contribution in [0.5, 0.6) is 0 Å². The van der Waals surface area contributed by atoms with Crippen molar-refractivity contribution in [2.45, 2.75) is 11.8 Å². The summed E-state index contributed by atoms with van der Waals surface area (Å²) in [6.07, 6.45) is 1.87. The number of hydrogen-bond donors (Lipinski definition) is 1. The molecule has 0 radical (unpaired) electrons. The van der Waals surface area contributed by atoms with Crippen molar-refractivity contribution < 1.29 is 4.42 Å². The van der Waals surface area contributed by atoms with E-state index in [0.29, 0.717) is 17.7 Å². The molecular weight excluding hydrogens is 174 g/mol. The molecule has 0 aliphatic carbocycles. The van der Waals surface area contributed by atoms with Crippen LogP contribution in [-0.4, -0.2) is 16.5 Å². The van der Waals surface area contributed by atoms with Gasteiger partial charge in [0, 0.05) is 0 Å². The molecule has 0 bridgehead atoms. The van der Waals surface area contributed by atoms with Crippen LogP contribution < -0.4 is 5.73 Å². The molecule has 0 saturated carbocycles. The highest BCUT2D eigenvalue weighted by molar-refractivity contribution is 7.98. The lowest BCUT2D eigenvalue weighted by molar-refractivity contribution is 0.415. The van der Waals surface area contributed by atoms with E-state index in [-0.39, 0.29) is 12.4 Å². The third kappa shape index (κ3) is 2.17. The smallest absolute Gasteiger partial charge is 0.276 e. The highest BCUT2D eigenvalue weighted by atomic mass is 35.5. The number of nitrogens with zero attached hydrogens (tertiary/aromatic N) is 2. The van der Waals surface area contributed by atoms with Crippen molar-refractivity contribution in [3.05, 3.63) is 5.89 Å². The van der Waals surface area contributed by atoms with Gasteiger partial charge in [-0.3, -0.25) is 0 Å². The van der Waals surface area contributed by atoms with E-state index in [1.807, 2.05) is 6.26 Å². The first kappa shape index (κ1) is 9.74. The Bertz CT molecular complexity index is 174. The average Bonchev–Trinajstić information content (AvgIpc) is 2.34. The molecule has 1 aromatic rings. The molecule has 0 atom stereocenters. The standard InChI is InChI=1S/C4H7N3OS.ClH/c1-9-4-7-6-3(2-5)8-4;/h2,5H2,1H3;1H. The maximum absolute atomic E-state index is 5.21. The summed E-state index contributed by atoms with van der Waals surface area (Å²) in [5, 5.41) is 7.88. The Morgan fingerprint density at radius 3 is 2.60 bits per heavy atom. The second-order valence-electron chi connectivity index (χ2n) is 1.37. The zero-order valence-corrected chi connectivity index (χ0v) is 7.04. The monoisotopic (exact) mass is 181 g/mol. The number of thioether (sulfide) groups is 1. The van der Waals surface area contributed by atoms with Crippen LogP contribution in [0, 0.1) is 0 Å². The second-order valence-corrected chi connectivity index (χ2v) is 2.13.